The summed E-state index contributed by atoms with van der Waals surface area (Å²) in [5.41, 5.74) is 5.24. The first-order valence-electron chi connectivity index (χ1n) is 6.98. The summed E-state index contributed by atoms with van der Waals surface area (Å²) in [7, 11) is 0. The number of phenolic OH excluding ortho intramolecular Hbond substituents is 1. The highest BCUT2D eigenvalue weighted by Crippen LogP contribution is 2.37. The molecular formula is C18H16O3. The number of benzene rings is 2. The van der Waals surface area contributed by atoms with Crippen LogP contribution in [0.2, 0.25) is 0 Å². The van der Waals surface area contributed by atoms with Gasteiger partial charge in [0.25, 0.3) is 0 Å². The standard InChI is InChI=1S/C18H16O3/c1-10(19)12-5-6-15-13(7-12)3-4-14-8-18(21)16(11(2)20)9-17(14)15/h5-9,21H,3-4H2,1-2H3. The second kappa shape index (κ2) is 4.85. The van der Waals surface area contributed by atoms with Crippen molar-refractivity contribution in [3.63, 3.8) is 0 Å². The van der Waals surface area contributed by atoms with Crippen LogP contribution in [0.15, 0.2) is 30.3 Å². The molecule has 1 N–H and O–H groups in total. The molecule has 3 rings (SSSR count). The minimum Gasteiger partial charge on any atom is -0.507 e. The number of carbonyl (C=O) groups excluding carboxylic acids is 2. The van der Waals surface area contributed by atoms with Crippen LogP contribution in [-0.2, 0) is 12.8 Å². The average Bonchev–Trinajstić information content (AvgIpc) is 2.45. The lowest BCUT2D eigenvalue weighted by Gasteiger charge is -2.21. The van der Waals surface area contributed by atoms with Gasteiger partial charge in [-0.3, -0.25) is 9.59 Å². The van der Waals surface area contributed by atoms with Gasteiger partial charge in [0.15, 0.2) is 11.6 Å². The van der Waals surface area contributed by atoms with E-state index in [-0.39, 0.29) is 17.3 Å². The zero-order valence-electron chi connectivity index (χ0n) is 12.1. The van der Waals surface area contributed by atoms with E-state index in [9.17, 15) is 14.7 Å². The largest absolute Gasteiger partial charge is 0.507 e. The van der Waals surface area contributed by atoms with E-state index in [1.807, 2.05) is 18.2 Å². The molecule has 1 aliphatic carbocycles. The molecule has 0 aliphatic heterocycles. The lowest BCUT2D eigenvalue weighted by atomic mass is 9.83. The third kappa shape index (κ3) is 2.25. The summed E-state index contributed by atoms with van der Waals surface area (Å²) in [6.45, 7) is 3.01. The molecule has 0 amide bonds. The molecule has 0 unspecified atom stereocenters. The minimum atomic E-state index is -0.150. The topological polar surface area (TPSA) is 54.4 Å². The molecule has 0 radical (unpaired) electrons. The maximum Gasteiger partial charge on any atom is 0.163 e. The van der Waals surface area contributed by atoms with Crippen molar-refractivity contribution < 1.29 is 14.7 Å². The van der Waals surface area contributed by atoms with Crippen LogP contribution < -0.4 is 0 Å². The molecule has 0 aromatic heterocycles. The molecule has 0 fully saturated rings. The molecule has 0 atom stereocenters. The Balaban J connectivity index is 2.20. The first kappa shape index (κ1) is 13.6. The lowest BCUT2D eigenvalue weighted by molar-refractivity contribution is 0.100. The average molecular weight is 280 g/mol. The second-order valence-electron chi connectivity index (χ2n) is 5.51. The Morgan fingerprint density at radius 3 is 2.19 bits per heavy atom. The van der Waals surface area contributed by atoms with Crippen molar-refractivity contribution in [2.24, 2.45) is 0 Å². The van der Waals surface area contributed by atoms with Gasteiger partial charge < -0.3 is 5.11 Å². The Labute approximate surface area is 123 Å². The second-order valence-corrected chi connectivity index (χ2v) is 5.51. The van der Waals surface area contributed by atoms with Crippen LogP contribution in [0.5, 0.6) is 5.75 Å². The van der Waals surface area contributed by atoms with Gasteiger partial charge in [-0.25, -0.2) is 0 Å². The Bertz CT molecular complexity index is 772. The molecule has 0 spiro atoms. The van der Waals surface area contributed by atoms with Crippen LogP contribution in [0.3, 0.4) is 0 Å². The molecule has 106 valence electrons. The fraction of sp³-hybridized carbons (Fsp3) is 0.222. The van der Waals surface area contributed by atoms with Gasteiger partial charge >= 0.3 is 0 Å². The predicted molar refractivity (Wildman–Crippen MR) is 81.0 cm³/mol. The predicted octanol–water partition coefficient (Wildman–Crippen LogP) is 3.56. The van der Waals surface area contributed by atoms with Crippen LogP contribution in [0.4, 0.5) is 0 Å². The van der Waals surface area contributed by atoms with Crippen LogP contribution in [-0.4, -0.2) is 16.7 Å². The Hall–Kier alpha value is -2.42. The van der Waals surface area contributed by atoms with Crippen molar-refractivity contribution in [1.29, 1.82) is 0 Å². The Kier molecular flexibility index (Phi) is 3.13. The Morgan fingerprint density at radius 1 is 0.905 bits per heavy atom. The molecule has 0 heterocycles. The maximum atomic E-state index is 11.6. The molecule has 2 aromatic rings. The first-order valence-corrected chi connectivity index (χ1v) is 6.98. The lowest BCUT2D eigenvalue weighted by Crippen LogP contribution is -2.07. The SMILES string of the molecule is CC(=O)c1ccc2c(c1)CCc1cc(O)c(C(C)=O)cc1-2. The third-order valence-corrected chi connectivity index (χ3v) is 4.07. The van der Waals surface area contributed by atoms with Crippen molar-refractivity contribution >= 4 is 11.6 Å². The first-order chi connectivity index (χ1) is 9.97. The number of hydrogen-bond acceptors (Lipinski definition) is 3. The van der Waals surface area contributed by atoms with E-state index in [0.717, 1.165) is 35.1 Å². The van der Waals surface area contributed by atoms with Crippen LogP contribution >= 0.6 is 0 Å². The van der Waals surface area contributed by atoms with Gasteiger partial charge in [0.2, 0.25) is 0 Å². The zero-order chi connectivity index (χ0) is 15.1. The highest BCUT2D eigenvalue weighted by atomic mass is 16.3. The van der Waals surface area contributed by atoms with E-state index in [0.29, 0.717) is 11.1 Å². The normalized spacial score (nSPS) is 12.5. The summed E-state index contributed by atoms with van der Waals surface area (Å²) in [6.07, 6.45) is 1.64. The van der Waals surface area contributed by atoms with Gasteiger partial charge in [-0.05, 0) is 67.1 Å². The van der Waals surface area contributed by atoms with Crippen molar-refractivity contribution in [3.8, 4) is 16.9 Å². The number of aromatic hydroxyl groups is 1. The Morgan fingerprint density at radius 2 is 1.57 bits per heavy atom. The molecule has 2 aromatic carbocycles. The van der Waals surface area contributed by atoms with E-state index in [1.165, 1.54) is 6.92 Å². The number of rotatable bonds is 2. The van der Waals surface area contributed by atoms with Gasteiger partial charge in [0.1, 0.15) is 5.75 Å². The van der Waals surface area contributed by atoms with Gasteiger partial charge in [0, 0.05) is 5.56 Å². The smallest absolute Gasteiger partial charge is 0.163 e. The van der Waals surface area contributed by atoms with Crippen LogP contribution in [0.1, 0.15) is 45.7 Å². The highest BCUT2D eigenvalue weighted by Gasteiger charge is 2.20. The summed E-state index contributed by atoms with van der Waals surface area (Å²) in [4.78, 5) is 23.1. The van der Waals surface area contributed by atoms with Crippen LogP contribution in [0, 0.1) is 0 Å². The molecule has 0 bridgehead atoms. The summed E-state index contributed by atoms with van der Waals surface area (Å²) in [6, 6.07) is 9.13. The maximum absolute atomic E-state index is 11.6. The molecule has 21 heavy (non-hydrogen) atoms. The van der Waals surface area contributed by atoms with E-state index in [2.05, 4.69) is 0 Å². The van der Waals surface area contributed by atoms with Gasteiger partial charge in [-0.1, -0.05) is 12.1 Å². The van der Waals surface area contributed by atoms with Crippen molar-refractivity contribution in [1.82, 2.24) is 0 Å². The number of hydrogen-bond donors (Lipinski definition) is 1. The summed E-state index contributed by atoms with van der Waals surface area (Å²) in [5, 5.41) is 9.94. The number of carbonyl (C=O) groups is 2. The molecule has 1 aliphatic rings. The molecular weight excluding hydrogens is 264 g/mol. The van der Waals surface area contributed by atoms with Crippen LogP contribution in [0.25, 0.3) is 11.1 Å². The number of fused-ring (bicyclic) bond motifs is 3. The van der Waals surface area contributed by atoms with E-state index >= 15 is 0 Å². The molecule has 0 saturated carbocycles. The number of phenols is 1. The van der Waals surface area contributed by atoms with Gasteiger partial charge in [-0.15, -0.1) is 0 Å². The van der Waals surface area contributed by atoms with Gasteiger partial charge in [-0.2, -0.15) is 0 Å². The van der Waals surface area contributed by atoms with Gasteiger partial charge in [0.05, 0.1) is 5.56 Å². The fourth-order valence-electron chi connectivity index (χ4n) is 2.92. The summed E-state index contributed by atoms with van der Waals surface area (Å²) < 4.78 is 0. The fourth-order valence-corrected chi connectivity index (χ4v) is 2.92. The molecule has 3 nitrogen and oxygen atoms in total. The van der Waals surface area contributed by atoms with E-state index < -0.39 is 0 Å². The van der Waals surface area contributed by atoms with Crippen molar-refractivity contribution in [2.75, 3.05) is 0 Å². The zero-order valence-corrected chi connectivity index (χ0v) is 12.1. The van der Waals surface area contributed by atoms with E-state index in [1.54, 1.807) is 19.1 Å². The molecule has 3 heteroatoms. The molecule has 0 saturated heterocycles. The monoisotopic (exact) mass is 280 g/mol. The minimum absolute atomic E-state index is 0.0463. The summed E-state index contributed by atoms with van der Waals surface area (Å²) in [5.74, 6) is -0.0495. The third-order valence-electron chi connectivity index (χ3n) is 4.07. The van der Waals surface area contributed by atoms with Crippen molar-refractivity contribution in [3.05, 3.63) is 52.6 Å². The van der Waals surface area contributed by atoms with Crippen molar-refractivity contribution in [2.45, 2.75) is 26.7 Å². The number of Topliss-reactive ketones (excluding diaryl/α,β-unsaturated/α-hetero) is 2. The van der Waals surface area contributed by atoms with E-state index in [4.69, 9.17) is 0 Å². The highest BCUT2D eigenvalue weighted by molar-refractivity contribution is 5.99. The number of ketones is 2. The number of aryl methyl sites for hydroxylation is 2. The summed E-state index contributed by atoms with van der Waals surface area (Å²) >= 11 is 0. The quantitative estimate of drug-likeness (QED) is 0.856.